The number of guanidine groups is 1. The van der Waals surface area contributed by atoms with Crippen molar-refractivity contribution in [1.29, 1.82) is 0 Å². The molecule has 1 unspecified atom stereocenters. The average Bonchev–Trinajstić information content (AvgIpc) is 2.99. The third-order valence-electron chi connectivity index (χ3n) is 4.11. The smallest absolute Gasteiger partial charge is 0.407 e. The summed E-state index contributed by atoms with van der Waals surface area (Å²) in [4.78, 5) is 18.3. The van der Waals surface area contributed by atoms with E-state index in [2.05, 4.69) is 20.5 Å². The molecule has 1 heterocycles. The monoisotopic (exact) mass is 398 g/mol. The van der Waals surface area contributed by atoms with Crippen LogP contribution in [0.3, 0.4) is 0 Å². The molecule has 0 radical (unpaired) electrons. The Morgan fingerprint density at radius 2 is 2.19 bits per heavy atom. The number of nitrogens with zero attached hydrogens (tertiary/aromatic N) is 2. The van der Waals surface area contributed by atoms with Crippen molar-refractivity contribution in [1.82, 2.24) is 15.5 Å². The summed E-state index contributed by atoms with van der Waals surface area (Å²) in [5, 5.41) is 6.62. The van der Waals surface area contributed by atoms with Crippen LogP contribution in [0, 0.1) is 5.82 Å². The highest BCUT2D eigenvalue weighted by atomic mass is 35.5. The lowest BCUT2D eigenvalue weighted by Crippen LogP contribution is -2.44. The number of aliphatic imine (C=N–C) groups is 1. The van der Waals surface area contributed by atoms with Gasteiger partial charge in [0.25, 0.3) is 0 Å². The Morgan fingerprint density at radius 1 is 1.44 bits per heavy atom. The zero-order valence-corrected chi connectivity index (χ0v) is 17.1. The number of ether oxygens (including phenoxy) is 1. The van der Waals surface area contributed by atoms with E-state index in [0.29, 0.717) is 24.5 Å². The molecular formula is C19H28ClFN4O2. The van der Waals surface area contributed by atoms with Gasteiger partial charge in [-0.2, -0.15) is 0 Å². The van der Waals surface area contributed by atoms with Crippen LogP contribution in [0.4, 0.5) is 9.18 Å². The minimum absolute atomic E-state index is 0.0185. The van der Waals surface area contributed by atoms with Crippen molar-refractivity contribution in [2.24, 2.45) is 4.99 Å². The predicted octanol–water partition coefficient (Wildman–Crippen LogP) is 3.20. The van der Waals surface area contributed by atoms with Crippen molar-refractivity contribution < 1.29 is 13.9 Å². The molecule has 1 aliphatic heterocycles. The van der Waals surface area contributed by atoms with Crippen molar-refractivity contribution in [3.05, 3.63) is 34.6 Å². The Balaban J connectivity index is 1.80. The average molecular weight is 399 g/mol. The fraction of sp³-hybridized carbons (Fsp3) is 0.579. The lowest BCUT2D eigenvalue weighted by atomic mass is 10.1. The molecule has 1 atom stereocenters. The van der Waals surface area contributed by atoms with Crippen LogP contribution in [0.1, 0.15) is 32.8 Å². The Kier molecular flexibility index (Phi) is 7.30. The van der Waals surface area contributed by atoms with Crippen LogP contribution >= 0.6 is 11.6 Å². The van der Waals surface area contributed by atoms with Gasteiger partial charge >= 0.3 is 6.09 Å². The second-order valence-electron chi connectivity index (χ2n) is 7.54. The van der Waals surface area contributed by atoms with E-state index in [4.69, 9.17) is 16.3 Å². The first-order chi connectivity index (χ1) is 12.7. The Morgan fingerprint density at radius 3 is 2.81 bits per heavy atom. The number of likely N-dealkylation sites (tertiary alicyclic amines) is 1. The molecule has 1 fully saturated rings. The van der Waals surface area contributed by atoms with Crippen LogP contribution in [0.15, 0.2) is 23.2 Å². The van der Waals surface area contributed by atoms with E-state index in [9.17, 15) is 9.18 Å². The van der Waals surface area contributed by atoms with Crippen molar-refractivity contribution in [2.75, 3.05) is 26.7 Å². The quantitative estimate of drug-likeness (QED) is 0.603. The third-order valence-corrected chi connectivity index (χ3v) is 4.46. The zero-order valence-electron chi connectivity index (χ0n) is 16.3. The highest BCUT2D eigenvalue weighted by Crippen LogP contribution is 2.17. The van der Waals surface area contributed by atoms with Gasteiger partial charge in [-0.05, 0) is 51.3 Å². The number of benzene rings is 1. The van der Waals surface area contributed by atoms with Crippen LogP contribution in [-0.4, -0.2) is 55.3 Å². The molecule has 1 amide bonds. The highest BCUT2D eigenvalue weighted by Gasteiger charge is 2.27. The molecule has 0 spiro atoms. The van der Waals surface area contributed by atoms with E-state index < -0.39 is 11.7 Å². The maximum Gasteiger partial charge on any atom is 0.407 e. The third kappa shape index (κ3) is 6.90. The summed E-state index contributed by atoms with van der Waals surface area (Å²) in [5.74, 6) is 0.426. The number of carbonyl (C=O) groups excluding carboxylic acids is 1. The van der Waals surface area contributed by atoms with Crippen molar-refractivity contribution in [3.63, 3.8) is 0 Å². The van der Waals surface area contributed by atoms with Gasteiger partial charge in [0.1, 0.15) is 11.4 Å². The van der Waals surface area contributed by atoms with Crippen LogP contribution < -0.4 is 10.6 Å². The first-order valence-electron chi connectivity index (χ1n) is 9.07. The SMILES string of the molecule is CN=C(NCCc1ccc(F)cc1Cl)N1CCC(NC(=O)OC(C)(C)C)C1. The molecule has 0 aliphatic carbocycles. The second-order valence-corrected chi connectivity index (χ2v) is 7.94. The summed E-state index contributed by atoms with van der Waals surface area (Å²) < 4.78 is 18.4. The number of carbonyl (C=O) groups is 1. The van der Waals surface area contributed by atoms with Gasteiger partial charge < -0.3 is 20.3 Å². The van der Waals surface area contributed by atoms with E-state index in [0.717, 1.165) is 24.5 Å². The maximum atomic E-state index is 13.1. The van der Waals surface area contributed by atoms with E-state index in [-0.39, 0.29) is 11.9 Å². The number of amides is 1. The molecule has 1 aromatic rings. The molecule has 0 aromatic heterocycles. The normalized spacial score (nSPS) is 17.8. The number of halogens is 2. The van der Waals surface area contributed by atoms with Gasteiger partial charge in [-0.1, -0.05) is 17.7 Å². The molecule has 0 bridgehead atoms. The standard InChI is InChI=1S/C19H28ClFN4O2/c1-19(2,3)27-18(26)24-15-8-10-25(12-15)17(22-4)23-9-7-13-5-6-14(21)11-16(13)20/h5-6,11,15H,7-10,12H2,1-4H3,(H,22,23)(H,24,26). The number of hydrogen-bond donors (Lipinski definition) is 2. The van der Waals surface area contributed by atoms with Crippen LogP contribution in [-0.2, 0) is 11.2 Å². The summed E-state index contributed by atoms with van der Waals surface area (Å²) in [7, 11) is 1.72. The van der Waals surface area contributed by atoms with Gasteiger partial charge in [0.15, 0.2) is 5.96 Å². The van der Waals surface area contributed by atoms with Crippen LogP contribution in [0.25, 0.3) is 0 Å². The molecule has 1 saturated heterocycles. The van der Waals surface area contributed by atoms with Gasteiger partial charge in [-0.15, -0.1) is 0 Å². The van der Waals surface area contributed by atoms with Gasteiger partial charge in [0.05, 0.1) is 6.04 Å². The van der Waals surface area contributed by atoms with Crippen molar-refractivity contribution >= 4 is 23.7 Å². The molecule has 2 rings (SSSR count). The number of nitrogens with one attached hydrogen (secondary N) is 2. The largest absolute Gasteiger partial charge is 0.444 e. The lowest BCUT2D eigenvalue weighted by Gasteiger charge is -2.23. The van der Waals surface area contributed by atoms with Gasteiger partial charge in [0.2, 0.25) is 0 Å². The number of rotatable bonds is 4. The van der Waals surface area contributed by atoms with Gasteiger partial charge in [0, 0.05) is 31.7 Å². The summed E-state index contributed by atoms with van der Waals surface area (Å²) in [5.41, 5.74) is 0.369. The van der Waals surface area contributed by atoms with E-state index in [1.54, 1.807) is 13.1 Å². The molecule has 27 heavy (non-hydrogen) atoms. The molecule has 1 aromatic carbocycles. The summed E-state index contributed by atoms with van der Waals surface area (Å²) in [6.07, 6.45) is 1.08. The van der Waals surface area contributed by atoms with Crippen LogP contribution in [0.5, 0.6) is 0 Å². The first-order valence-corrected chi connectivity index (χ1v) is 9.45. The first kappa shape index (κ1) is 21.3. The van der Waals surface area contributed by atoms with Crippen molar-refractivity contribution in [2.45, 2.75) is 45.3 Å². The minimum Gasteiger partial charge on any atom is -0.444 e. The van der Waals surface area contributed by atoms with Crippen LogP contribution in [0.2, 0.25) is 5.02 Å². The van der Waals surface area contributed by atoms with Gasteiger partial charge in [-0.3, -0.25) is 4.99 Å². The predicted molar refractivity (Wildman–Crippen MR) is 106 cm³/mol. The molecule has 150 valence electrons. The molecule has 2 N–H and O–H groups in total. The summed E-state index contributed by atoms with van der Waals surface area (Å²) in [6.45, 7) is 7.60. The minimum atomic E-state index is -0.512. The Bertz CT molecular complexity index is 691. The Hall–Kier alpha value is -2.02. The number of hydrogen-bond acceptors (Lipinski definition) is 3. The second kappa shape index (κ2) is 9.26. The molecular weight excluding hydrogens is 371 g/mol. The zero-order chi connectivity index (χ0) is 20.0. The number of alkyl carbamates (subject to hydrolysis) is 1. The Labute approximate surface area is 165 Å². The molecule has 8 heteroatoms. The molecule has 6 nitrogen and oxygen atoms in total. The van der Waals surface area contributed by atoms with E-state index in [1.165, 1.54) is 12.1 Å². The van der Waals surface area contributed by atoms with E-state index >= 15 is 0 Å². The van der Waals surface area contributed by atoms with E-state index in [1.807, 2.05) is 20.8 Å². The van der Waals surface area contributed by atoms with Gasteiger partial charge in [-0.25, -0.2) is 9.18 Å². The summed E-state index contributed by atoms with van der Waals surface area (Å²) in [6, 6.07) is 4.44. The lowest BCUT2D eigenvalue weighted by molar-refractivity contribution is 0.0507. The maximum absolute atomic E-state index is 13.1. The molecule has 1 aliphatic rings. The fourth-order valence-electron chi connectivity index (χ4n) is 2.91. The van der Waals surface area contributed by atoms with Crippen molar-refractivity contribution in [3.8, 4) is 0 Å². The molecule has 0 saturated carbocycles. The topological polar surface area (TPSA) is 66.0 Å². The fourth-order valence-corrected chi connectivity index (χ4v) is 3.17. The summed E-state index contributed by atoms with van der Waals surface area (Å²) >= 11 is 6.06. The highest BCUT2D eigenvalue weighted by molar-refractivity contribution is 6.31.